The first kappa shape index (κ1) is 23.5. The molecule has 1 atom stereocenters. The SMILES string of the molecule is C=CC(C)CC.CC.CC.CCCC. The molecule has 90 valence electrons. The normalized spacial score (nSPS) is 8.86. The van der Waals surface area contributed by atoms with E-state index >= 15 is 0 Å². The van der Waals surface area contributed by atoms with Crippen molar-refractivity contribution in [3.63, 3.8) is 0 Å². The van der Waals surface area contributed by atoms with Crippen LogP contribution in [0.3, 0.4) is 0 Å². The summed E-state index contributed by atoms with van der Waals surface area (Å²) in [6, 6.07) is 0. The molecule has 0 saturated heterocycles. The molecule has 0 aromatic rings. The van der Waals surface area contributed by atoms with E-state index in [0.717, 1.165) is 0 Å². The summed E-state index contributed by atoms with van der Waals surface area (Å²) in [5.41, 5.74) is 0. The zero-order chi connectivity index (χ0) is 12.4. The van der Waals surface area contributed by atoms with Crippen LogP contribution in [-0.2, 0) is 0 Å². The Balaban J connectivity index is -0.0000000546. The summed E-state index contributed by atoms with van der Waals surface area (Å²) in [6.45, 7) is 20.3. The van der Waals surface area contributed by atoms with Crippen molar-refractivity contribution >= 4 is 0 Å². The van der Waals surface area contributed by atoms with Crippen molar-refractivity contribution in [2.24, 2.45) is 5.92 Å². The van der Waals surface area contributed by atoms with Gasteiger partial charge in [0.1, 0.15) is 0 Å². The second-order valence-corrected chi connectivity index (χ2v) is 2.62. The zero-order valence-electron chi connectivity index (χ0n) is 12.0. The molecule has 0 aromatic heterocycles. The Bertz CT molecular complexity index is 53.1. The van der Waals surface area contributed by atoms with Crippen LogP contribution < -0.4 is 0 Å². The van der Waals surface area contributed by atoms with Gasteiger partial charge in [-0.05, 0) is 5.92 Å². The largest absolute Gasteiger partial charge is 0.103 e. The molecule has 0 N–H and O–H groups in total. The first-order chi connectivity index (χ1) is 6.72. The van der Waals surface area contributed by atoms with Crippen molar-refractivity contribution < 1.29 is 0 Å². The van der Waals surface area contributed by atoms with Gasteiger partial charge in [-0.2, -0.15) is 0 Å². The van der Waals surface area contributed by atoms with Crippen molar-refractivity contribution in [2.75, 3.05) is 0 Å². The summed E-state index contributed by atoms with van der Waals surface area (Å²) in [4.78, 5) is 0. The summed E-state index contributed by atoms with van der Waals surface area (Å²) < 4.78 is 0. The van der Waals surface area contributed by atoms with Gasteiger partial charge in [0.05, 0.1) is 0 Å². The van der Waals surface area contributed by atoms with E-state index < -0.39 is 0 Å². The zero-order valence-corrected chi connectivity index (χ0v) is 12.0. The van der Waals surface area contributed by atoms with Crippen LogP contribution in [0.2, 0.25) is 0 Å². The van der Waals surface area contributed by atoms with Crippen LogP contribution in [0.1, 0.15) is 74.7 Å². The van der Waals surface area contributed by atoms with Crippen molar-refractivity contribution in [1.82, 2.24) is 0 Å². The number of hydrogen-bond acceptors (Lipinski definition) is 0. The maximum atomic E-state index is 3.63. The predicted molar refractivity (Wildman–Crippen MR) is 72.9 cm³/mol. The molecule has 0 aliphatic carbocycles. The van der Waals surface area contributed by atoms with E-state index in [1.54, 1.807) is 0 Å². The highest BCUT2D eigenvalue weighted by Crippen LogP contribution is 1.98. The molecular formula is C14H34. The van der Waals surface area contributed by atoms with Gasteiger partial charge in [-0.1, -0.05) is 80.7 Å². The monoisotopic (exact) mass is 202 g/mol. The molecule has 1 unspecified atom stereocenters. The average Bonchev–Trinajstić information content (AvgIpc) is 2.33. The van der Waals surface area contributed by atoms with Gasteiger partial charge in [0.15, 0.2) is 0 Å². The third-order valence-electron chi connectivity index (χ3n) is 1.55. The maximum Gasteiger partial charge on any atom is -0.0267 e. The van der Waals surface area contributed by atoms with E-state index in [1.165, 1.54) is 19.3 Å². The molecule has 0 bridgehead atoms. The fraction of sp³-hybridized carbons (Fsp3) is 0.857. The Labute approximate surface area is 93.8 Å². The topological polar surface area (TPSA) is 0 Å². The molecule has 0 nitrogen and oxygen atoms in total. The van der Waals surface area contributed by atoms with Crippen molar-refractivity contribution in [3.05, 3.63) is 12.7 Å². The lowest BCUT2D eigenvalue weighted by Gasteiger charge is -1.93. The fourth-order valence-corrected chi connectivity index (χ4v) is 0.167. The summed E-state index contributed by atoms with van der Waals surface area (Å²) >= 11 is 0. The molecule has 0 aliphatic rings. The standard InChI is InChI=1S/C6H12.C4H10.2C2H6/c1-4-6(3)5-2;1-3-4-2;2*1-2/h4,6H,1,5H2,2-3H3;3-4H2,1-2H3;2*1-2H3. The van der Waals surface area contributed by atoms with Crippen molar-refractivity contribution in [2.45, 2.75) is 74.7 Å². The third-order valence-corrected chi connectivity index (χ3v) is 1.55. The lowest BCUT2D eigenvalue weighted by Crippen LogP contribution is -1.80. The van der Waals surface area contributed by atoms with Crippen LogP contribution in [-0.4, -0.2) is 0 Å². The Morgan fingerprint density at radius 1 is 0.929 bits per heavy atom. The summed E-state index contributed by atoms with van der Waals surface area (Å²) in [7, 11) is 0. The lowest BCUT2D eigenvalue weighted by atomic mass is 10.1. The van der Waals surface area contributed by atoms with Crippen LogP contribution in [0.25, 0.3) is 0 Å². The maximum absolute atomic E-state index is 3.63. The Hall–Kier alpha value is -0.260. The molecule has 0 fully saturated rings. The molecule has 0 rings (SSSR count). The smallest absolute Gasteiger partial charge is 0.0267 e. The van der Waals surface area contributed by atoms with E-state index in [-0.39, 0.29) is 0 Å². The molecule has 0 amide bonds. The number of allylic oxidation sites excluding steroid dienone is 1. The molecule has 0 heteroatoms. The second kappa shape index (κ2) is 38.7. The van der Waals surface area contributed by atoms with E-state index in [2.05, 4.69) is 34.3 Å². The van der Waals surface area contributed by atoms with Crippen LogP contribution in [0.4, 0.5) is 0 Å². The van der Waals surface area contributed by atoms with Crippen molar-refractivity contribution in [1.29, 1.82) is 0 Å². The van der Waals surface area contributed by atoms with Crippen LogP contribution in [0.5, 0.6) is 0 Å². The fourth-order valence-electron chi connectivity index (χ4n) is 0.167. The van der Waals surface area contributed by atoms with Crippen LogP contribution in [0.15, 0.2) is 12.7 Å². The molecule has 0 aliphatic heterocycles. The lowest BCUT2D eigenvalue weighted by molar-refractivity contribution is 0.700. The summed E-state index contributed by atoms with van der Waals surface area (Å²) in [5.74, 6) is 0.699. The summed E-state index contributed by atoms with van der Waals surface area (Å²) in [6.07, 6.45) is 5.82. The number of unbranched alkanes of at least 4 members (excludes halogenated alkanes) is 1. The van der Waals surface area contributed by atoms with Gasteiger partial charge in [0, 0.05) is 0 Å². The van der Waals surface area contributed by atoms with E-state index in [9.17, 15) is 0 Å². The van der Waals surface area contributed by atoms with Gasteiger partial charge in [0.2, 0.25) is 0 Å². The second-order valence-electron chi connectivity index (χ2n) is 2.62. The highest BCUT2D eigenvalue weighted by molar-refractivity contribution is 4.72. The third kappa shape index (κ3) is 60.3. The molecule has 0 spiro atoms. The minimum Gasteiger partial charge on any atom is -0.103 e. The minimum absolute atomic E-state index is 0.699. The Morgan fingerprint density at radius 2 is 1.21 bits per heavy atom. The van der Waals surface area contributed by atoms with Gasteiger partial charge < -0.3 is 0 Å². The minimum atomic E-state index is 0.699. The average molecular weight is 202 g/mol. The highest BCUT2D eigenvalue weighted by atomic mass is 13.9. The molecule has 0 heterocycles. The number of rotatable bonds is 3. The molecule has 0 aromatic carbocycles. The molecular weight excluding hydrogens is 168 g/mol. The van der Waals surface area contributed by atoms with Gasteiger partial charge in [-0.15, -0.1) is 6.58 Å². The van der Waals surface area contributed by atoms with Gasteiger partial charge in [0.25, 0.3) is 0 Å². The van der Waals surface area contributed by atoms with E-state index in [0.29, 0.717) is 5.92 Å². The molecule has 0 saturated carbocycles. The molecule has 0 radical (unpaired) electrons. The van der Waals surface area contributed by atoms with Gasteiger partial charge in [-0.3, -0.25) is 0 Å². The first-order valence-electron chi connectivity index (χ1n) is 6.35. The van der Waals surface area contributed by atoms with Gasteiger partial charge in [-0.25, -0.2) is 0 Å². The van der Waals surface area contributed by atoms with Crippen molar-refractivity contribution in [3.8, 4) is 0 Å². The Kier molecular flexibility index (Phi) is 64.9. The summed E-state index contributed by atoms with van der Waals surface area (Å²) in [5, 5.41) is 0. The first-order valence-corrected chi connectivity index (χ1v) is 6.35. The molecule has 14 heavy (non-hydrogen) atoms. The number of hydrogen-bond donors (Lipinski definition) is 0. The quantitative estimate of drug-likeness (QED) is 0.487. The van der Waals surface area contributed by atoms with E-state index in [4.69, 9.17) is 0 Å². The Morgan fingerprint density at radius 3 is 1.21 bits per heavy atom. The highest BCUT2D eigenvalue weighted by Gasteiger charge is 1.84. The van der Waals surface area contributed by atoms with E-state index in [1.807, 2.05) is 33.8 Å². The van der Waals surface area contributed by atoms with Crippen LogP contribution in [0, 0.1) is 5.92 Å². The van der Waals surface area contributed by atoms with Crippen LogP contribution >= 0.6 is 0 Å². The van der Waals surface area contributed by atoms with Gasteiger partial charge >= 0.3 is 0 Å². The predicted octanol–water partition coefficient (Wildman–Crippen LogP) is 6.08.